The molecule has 0 atom stereocenters. The summed E-state index contributed by atoms with van der Waals surface area (Å²) in [5.41, 5.74) is 2.47. The highest BCUT2D eigenvalue weighted by molar-refractivity contribution is 7.89. The first-order valence-corrected chi connectivity index (χ1v) is 12.7. The van der Waals surface area contributed by atoms with Crippen LogP contribution in [0.5, 0.6) is 0 Å². The van der Waals surface area contributed by atoms with Gasteiger partial charge in [-0.3, -0.25) is 0 Å². The van der Waals surface area contributed by atoms with Crippen LogP contribution in [0, 0.1) is 0 Å². The van der Waals surface area contributed by atoms with Crippen molar-refractivity contribution in [1.29, 1.82) is 0 Å². The van der Waals surface area contributed by atoms with E-state index in [1.54, 1.807) is 33.8 Å². The Morgan fingerprint density at radius 1 is 0.968 bits per heavy atom. The van der Waals surface area contributed by atoms with Crippen molar-refractivity contribution in [3.63, 3.8) is 0 Å². The lowest BCUT2D eigenvalue weighted by Gasteiger charge is -2.33. The second-order valence-corrected chi connectivity index (χ2v) is 10.7. The van der Waals surface area contributed by atoms with Crippen LogP contribution in [0.1, 0.15) is 4.88 Å². The number of fused-ring (bicyclic) bond motifs is 1. The molecule has 0 unspecified atom stereocenters. The zero-order valence-electron chi connectivity index (χ0n) is 17.1. The van der Waals surface area contributed by atoms with Crippen molar-refractivity contribution in [3.05, 3.63) is 70.9 Å². The third-order valence-electron chi connectivity index (χ3n) is 5.72. The Bertz CT molecular complexity index is 1260. The van der Waals surface area contributed by atoms with Crippen molar-refractivity contribution >= 4 is 32.4 Å². The summed E-state index contributed by atoms with van der Waals surface area (Å²) in [4.78, 5) is 11.9. The maximum Gasteiger partial charge on any atom is 0.243 e. The predicted molar refractivity (Wildman–Crippen MR) is 125 cm³/mol. The zero-order chi connectivity index (χ0) is 21.3. The lowest BCUT2D eigenvalue weighted by atomic mass is 10.2. The largest absolute Gasteiger partial charge is 0.338 e. The molecule has 1 aliphatic rings. The van der Waals surface area contributed by atoms with E-state index in [9.17, 15) is 8.42 Å². The number of aromatic nitrogens is 2. The average molecular weight is 453 g/mol. The lowest BCUT2D eigenvalue weighted by molar-refractivity contribution is 0.190. The van der Waals surface area contributed by atoms with Gasteiger partial charge in [0.25, 0.3) is 0 Å². The number of imidazole rings is 1. The molecule has 31 heavy (non-hydrogen) atoms. The summed E-state index contributed by atoms with van der Waals surface area (Å²) in [6, 6.07) is 19.2. The molecule has 2 aromatic heterocycles. The third-order valence-corrected chi connectivity index (χ3v) is 8.55. The molecule has 6 nitrogen and oxygen atoms in total. The number of sulfonamides is 1. The molecule has 8 heteroatoms. The zero-order valence-corrected chi connectivity index (χ0v) is 18.7. The third kappa shape index (κ3) is 4.29. The fourth-order valence-electron chi connectivity index (χ4n) is 3.95. The van der Waals surface area contributed by atoms with Gasteiger partial charge in [-0.25, -0.2) is 13.4 Å². The van der Waals surface area contributed by atoms with Crippen LogP contribution in [-0.2, 0) is 16.4 Å². The first kappa shape index (κ1) is 20.4. The Labute approximate surface area is 186 Å². The van der Waals surface area contributed by atoms with E-state index >= 15 is 0 Å². The molecule has 0 saturated carbocycles. The smallest absolute Gasteiger partial charge is 0.243 e. The molecule has 0 bridgehead atoms. The van der Waals surface area contributed by atoms with Gasteiger partial charge in [-0.05, 0) is 36.1 Å². The number of nitrogens with one attached hydrogen (secondary N) is 1. The molecule has 0 aliphatic carbocycles. The molecule has 1 saturated heterocycles. The van der Waals surface area contributed by atoms with E-state index in [0.29, 0.717) is 18.0 Å². The Hall–Kier alpha value is -2.52. The number of thiophene rings is 1. The Morgan fingerprint density at radius 3 is 2.52 bits per heavy atom. The SMILES string of the molecule is O=S(=O)(c1ccc2nc(-c3ccccc3)[nH]c2c1)N1CCN(CCc2cccs2)CC1. The van der Waals surface area contributed by atoms with E-state index in [4.69, 9.17) is 0 Å². The van der Waals surface area contributed by atoms with Crippen LogP contribution in [0.15, 0.2) is 70.9 Å². The van der Waals surface area contributed by atoms with Crippen molar-refractivity contribution in [3.8, 4) is 11.4 Å². The molecule has 2 aromatic carbocycles. The summed E-state index contributed by atoms with van der Waals surface area (Å²) in [7, 11) is -3.53. The highest BCUT2D eigenvalue weighted by atomic mass is 32.2. The number of nitrogens with zero attached hydrogens (tertiary/aromatic N) is 3. The van der Waals surface area contributed by atoms with Crippen LogP contribution in [-0.4, -0.2) is 60.3 Å². The molecule has 5 rings (SSSR count). The number of rotatable bonds is 6. The molecule has 0 radical (unpaired) electrons. The summed E-state index contributed by atoms with van der Waals surface area (Å²) in [5, 5.41) is 2.10. The first-order valence-electron chi connectivity index (χ1n) is 10.4. The quantitative estimate of drug-likeness (QED) is 0.483. The van der Waals surface area contributed by atoms with Gasteiger partial charge in [0.05, 0.1) is 15.9 Å². The molecule has 160 valence electrons. The highest BCUT2D eigenvalue weighted by Crippen LogP contribution is 2.25. The Morgan fingerprint density at radius 2 is 1.77 bits per heavy atom. The van der Waals surface area contributed by atoms with Crippen LogP contribution in [0.25, 0.3) is 22.4 Å². The van der Waals surface area contributed by atoms with E-state index in [1.807, 2.05) is 30.3 Å². The average Bonchev–Trinajstić information content (AvgIpc) is 3.48. The minimum atomic E-state index is -3.53. The second kappa shape index (κ2) is 8.55. The topological polar surface area (TPSA) is 69.3 Å². The van der Waals surface area contributed by atoms with Gasteiger partial charge in [-0.1, -0.05) is 36.4 Å². The van der Waals surface area contributed by atoms with Crippen LogP contribution >= 0.6 is 11.3 Å². The Kier molecular flexibility index (Phi) is 5.62. The summed E-state index contributed by atoms with van der Waals surface area (Å²) < 4.78 is 28.1. The van der Waals surface area contributed by atoms with Gasteiger partial charge >= 0.3 is 0 Å². The molecular weight excluding hydrogens is 428 g/mol. The van der Waals surface area contributed by atoms with E-state index < -0.39 is 10.0 Å². The summed E-state index contributed by atoms with van der Waals surface area (Å²) in [6.07, 6.45) is 1.02. The molecule has 0 spiro atoms. The van der Waals surface area contributed by atoms with E-state index in [1.165, 1.54) is 4.88 Å². The van der Waals surface area contributed by atoms with Gasteiger partial charge < -0.3 is 9.88 Å². The number of hydrogen-bond acceptors (Lipinski definition) is 5. The van der Waals surface area contributed by atoms with Crippen LogP contribution in [0.3, 0.4) is 0 Å². The lowest BCUT2D eigenvalue weighted by Crippen LogP contribution is -2.48. The number of benzene rings is 2. The summed E-state index contributed by atoms with van der Waals surface area (Å²) >= 11 is 1.77. The fraction of sp³-hybridized carbons (Fsp3) is 0.261. The predicted octanol–water partition coefficient (Wildman–Crippen LogP) is 3.84. The summed E-state index contributed by atoms with van der Waals surface area (Å²) in [6.45, 7) is 3.52. The number of aromatic amines is 1. The highest BCUT2D eigenvalue weighted by Gasteiger charge is 2.28. The van der Waals surface area contributed by atoms with Gasteiger partial charge in [0.15, 0.2) is 0 Å². The second-order valence-electron chi connectivity index (χ2n) is 7.71. The van der Waals surface area contributed by atoms with Gasteiger partial charge in [0.2, 0.25) is 10.0 Å². The van der Waals surface area contributed by atoms with E-state index in [-0.39, 0.29) is 0 Å². The van der Waals surface area contributed by atoms with Crippen molar-refractivity contribution < 1.29 is 8.42 Å². The van der Waals surface area contributed by atoms with Crippen LogP contribution in [0.4, 0.5) is 0 Å². The number of piperazine rings is 1. The molecular formula is C23H24N4O2S2. The minimum Gasteiger partial charge on any atom is -0.338 e. The van der Waals surface area contributed by atoms with Crippen molar-refractivity contribution in [2.24, 2.45) is 0 Å². The van der Waals surface area contributed by atoms with Gasteiger partial charge in [0, 0.05) is 43.2 Å². The van der Waals surface area contributed by atoms with Gasteiger partial charge in [-0.15, -0.1) is 11.3 Å². The fourth-order valence-corrected chi connectivity index (χ4v) is 6.09. The van der Waals surface area contributed by atoms with E-state index in [0.717, 1.165) is 48.5 Å². The van der Waals surface area contributed by atoms with Crippen molar-refractivity contribution in [1.82, 2.24) is 19.2 Å². The molecule has 1 N–H and O–H groups in total. The molecule has 4 aromatic rings. The Balaban J connectivity index is 1.29. The maximum absolute atomic E-state index is 13.2. The molecule has 3 heterocycles. The summed E-state index contributed by atoms with van der Waals surface area (Å²) in [5.74, 6) is 0.740. The standard InChI is InChI=1S/C23H24N4O2S2/c28-31(29,27-14-12-26(13-15-27)11-10-19-7-4-16-30-19)20-8-9-21-22(17-20)25-23(24-21)18-5-2-1-3-6-18/h1-9,16-17H,10-15H2,(H,24,25). The normalized spacial score (nSPS) is 16.1. The number of hydrogen-bond donors (Lipinski definition) is 1. The monoisotopic (exact) mass is 452 g/mol. The van der Waals surface area contributed by atoms with Crippen molar-refractivity contribution in [2.45, 2.75) is 11.3 Å². The van der Waals surface area contributed by atoms with Gasteiger partial charge in [-0.2, -0.15) is 4.31 Å². The molecule has 1 fully saturated rings. The van der Waals surface area contributed by atoms with Crippen LogP contribution < -0.4 is 0 Å². The maximum atomic E-state index is 13.2. The van der Waals surface area contributed by atoms with E-state index in [2.05, 4.69) is 32.4 Å². The van der Waals surface area contributed by atoms with Crippen LogP contribution in [0.2, 0.25) is 0 Å². The molecule has 0 amide bonds. The van der Waals surface area contributed by atoms with Crippen molar-refractivity contribution in [2.75, 3.05) is 32.7 Å². The molecule has 1 aliphatic heterocycles. The number of H-pyrrole nitrogens is 1. The van der Waals surface area contributed by atoms with Gasteiger partial charge in [0.1, 0.15) is 5.82 Å². The first-order chi connectivity index (χ1) is 15.1. The minimum absolute atomic E-state index is 0.315.